The maximum absolute atomic E-state index is 13.6. The lowest BCUT2D eigenvalue weighted by Crippen LogP contribution is -2.50. The number of nitrogens with zero attached hydrogens (tertiary/aromatic N) is 5. The Morgan fingerprint density at radius 2 is 2.18 bits per heavy atom. The van der Waals surface area contributed by atoms with E-state index in [9.17, 15) is 18.3 Å². The summed E-state index contributed by atoms with van der Waals surface area (Å²) in [7, 11) is 0. The first kappa shape index (κ1) is 22.5. The van der Waals surface area contributed by atoms with Crippen molar-refractivity contribution >= 4 is 11.3 Å². The van der Waals surface area contributed by atoms with Gasteiger partial charge in [-0.15, -0.1) is 21.5 Å². The molecule has 0 aliphatic carbocycles. The second-order valence-electron chi connectivity index (χ2n) is 8.62. The number of ether oxygens (including phenoxy) is 1. The van der Waals surface area contributed by atoms with E-state index in [-0.39, 0.29) is 11.6 Å². The zero-order valence-corrected chi connectivity index (χ0v) is 18.8. The van der Waals surface area contributed by atoms with Crippen LogP contribution in [-0.2, 0) is 42.6 Å². The van der Waals surface area contributed by atoms with Crippen molar-refractivity contribution < 1.29 is 27.4 Å². The molecule has 1 spiro atoms. The monoisotopic (exact) mass is 483 g/mol. The normalized spacial score (nSPS) is 23.8. The zero-order chi connectivity index (χ0) is 23.2. The lowest BCUT2D eigenvalue weighted by molar-refractivity contribution is -0.135. The highest BCUT2D eigenvalue weighted by atomic mass is 32.1. The molecule has 33 heavy (non-hydrogen) atoms. The Balaban J connectivity index is 1.32. The summed E-state index contributed by atoms with van der Waals surface area (Å²) in [6.45, 7) is 3.58. The van der Waals surface area contributed by atoms with Gasteiger partial charge in [0.2, 0.25) is 12.3 Å². The quantitative estimate of drug-likeness (QED) is 0.595. The standard InChI is InChI=1S/C21H24F3N5O3S/c1-13-6-20(18-15(2-5-32-20)16(11-30)19(33-18)21(22,23)24)3-4-28(13)8-14-7-26-29(9-14)10-17-27-25-12-31-17/h7,9,12-13,30H,2-6,8,10-11H2,1H3/t13-,20+/m0/s1. The number of likely N-dealkylation sites (tertiary alicyclic amines) is 1. The Labute approximate surface area is 192 Å². The molecule has 3 aromatic heterocycles. The van der Waals surface area contributed by atoms with Crippen molar-refractivity contribution in [2.75, 3.05) is 13.2 Å². The van der Waals surface area contributed by atoms with E-state index in [1.54, 1.807) is 10.9 Å². The Bertz CT molecular complexity index is 1110. The van der Waals surface area contributed by atoms with E-state index in [0.717, 1.165) is 16.9 Å². The van der Waals surface area contributed by atoms with Gasteiger partial charge in [0.15, 0.2) is 0 Å². The molecule has 12 heteroatoms. The molecule has 1 saturated heterocycles. The lowest BCUT2D eigenvalue weighted by atomic mass is 9.81. The summed E-state index contributed by atoms with van der Waals surface area (Å²) >= 11 is 0.749. The number of aliphatic hydroxyl groups excluding tert-OH is 1. The Kier molecular flexibility index (Phi) is 5.79. The largest absolute Gasteiger partial charge is 0.426 e. The van der Waals surface area contributed by atoms with Gasteiger partial charge in [0.05, 0.1) is 19.4 Å². The van der Waals surface area contributed by atoms with E-state index in [1.807, 2.05) is 6.20 Å². The topological polar surface area (TPSA) is 89.4 Å². The van der Waals surface area contributed by atoms with Crippen LogP contribution in [0.1, 0.15) is 52.1 Å². The smallest absolute Gasteiger partial charge is 0.425 e. The number of fused-ring (bicyclic) bond motifs is 2. The third-order valence-corrected chi connectivity index (χ3v) is 8.01. The highest BCUT2D eigenvalue weighted by molar-refractivity contribution is 7.12. The number of alkyl halides is 3. The van der Waals surface area contributed by atoms with Crippen LogP contribution < -0.4 is 0 Å². The first-order valence-electron chi connectivity index (χ1n) is 10.8. The number of hydrogen-bond acceptors (Lipinski definition) is 8. The maximum atomic E-state index is 13.6. The molecule has 0 saturated carbocycles. The number of aliphatic hydroxyl groups is 1. The second kappa shape index (κ2) is 8.49. The molecule has 178 valence electrons. The average molecular weight is 484 g/mol. The molecule has 0 amide bonds. The first-order chi connectivity index (χ1) is 15.8. The van der Waals surface area contributed by atoms with Crippen LogP contribution in [0.4, 0.5) is 13.2 Å². The first-order valence-corrected chi connectivity index (χ1v) is 11.6. The SMILES string of the molecule is C[C@H]1C[C@@]2(CCN1Cc1cnn(Cc3nnco3)c1)OCCc1c2sc(C(F)(F)F)c1CO. The Hall–Kier alpha value is -2.28. The fourth-order valence-corrected chi connectivity index (χ4v) is 6.39. The van der Waals surface area contributed by atoms with Crippen LogP contribution in [-0.4, -0.2) is 49.2 Å². The van der Waals surface area contributed by atoms with E-state index in [0.29, 0.717) is 61.8 Å². The summed E-state index contributed by atoms with van der Waals surface area (Å²) in [4.78, 5) is 2.25. The maximum Gasteiger partial charge on any atom is 0.425 e. The van der Waals surface area contributed by atoms with Crippen molar-refractivity contribution in [1.29, 1.82) is 0 Å². The van der Waals surface area contributed by atoms with Gasteiger partial charge in [-0.25, -0.2) is 0 Å². The van der Waals surface area contributed by atoms with E-state index in [1.165, 1.54) is 6.39 Å². The number of piperidine rings is 1. The summed E-state index contributed by atoms with van der Waals surface area (Å²) < 4.78 is 53.9. The van der Waals surface area contributed by atoms with E-state index >= 15 is 0 Å². The molecule has 5 heterocycles. The fourth-order valence-electron chi connectivity index (χ4n) is 4.98. The van der Waals surface area contributed by atoms with Crippen LogP contribution in [0.2, 0.25) is 0 Å². The van der Waals surface area contributed by atoms with Crippen LogP contribution in [0.3, 0.4) is 0 Å². The molecule has 0 bridgehead atoms. The van der Waals surface area contributed by atoms with E-state index in [2.05, 4.69) is 27.1 Å². The number of hydrogen-bond donors (Lipinski definition) is 1. The average Bonchev–Trinajstić information content (AvgIpc) is 3.51. The number of thiophene rings is 1. The third-order valence-electron chi connectivity index (χ3n) is 6.50. The van der Waals surface area contributed by atoms with Crippen molar-refractivity contribution in [3.8, 4) is 0 Å². The fraction of sp³-hybridized carbons (Fsp3) is 0.571. The predicted molar refractivity (Wildman–Crippen MR) is 111 cm³/mol. The molecule has 0 aromatic carbocycles. The summed E-state index contributed by atoms with van der Waals surface area (Å²) in [6, 6.07) is 0.0954. The summed E-state index contributed by atoms with van der Waals surface area (Å²) in [5.41, 5.74) is 0.947. The van der Waals surface area contributed by atoms with Crippen LogP contribution in [0, 0.1) is 0 Å². The van der Waals surface area contributed by atoms with Gasteiger partial charge in [-0.2, -0.15) is 18.3 Å². The summed E-state index contributed by atoms with van der Waals surface area (Å²) in [5.74, 6) is 0.472. The number of rotatable bonds is 5. The molecular weight excluding hydrogens is 459 g/mol. The van der Waals surface area contributed by atoms with Crippen LogP contribution >= 0.6 is 11.3 Å². The molecule has 0 unspecified atom stereocenters. The molecule has 0 radical (unpaired) electrons. The van der Waals surface area contributed by atoms with Gasteiger partial charge < -0.3 is 14.3 Å². The molecular formula is C21H24F3N5O3S. The van der Waals surface area contributed by atoms with Crippen LogP contribution in [0.25, 0.3) is 0 Å². The van der Waals surface area contributed by atoms with E-state index in [4.69, 9.17) is 9.15 Å². The Morgan fingerprint density at radius 3 is 2.88 bits per heavy atom. The van der Waals surface area contributed by atoms with E-state index < -0.39 is 23.3 Å². The van der Waals surface area contributed by atoms with Gasteiger partial charge in [-0.1, -0.05) is 0 Å². The summed E-state index contributed by atoms with van der Waals surface area (Å²) in [5, 5.41) is 21.6. The van der Waals surface area contributed by atoms with Crippen molar-refractivity contribution in [3.05, 3.63) is 51.1 Å². The second-order valence-corrected chi connectivity index (χ2v) is 9.64. The number of halogens is 3. The molecule has 5 rings (SSSR count). The minimum atomic E-state index is -4.48. The molecule has 8 nitrogen and oxygen atoms in total. The molecule has 2 aliphatic rings. The number of aromatic nitrogens is 4. The van der Waals surface area contributed by atoms with Gasteiger partial charge >= 0.3 is 6.18 Å². The van der Waals surface area contributed by atoms with Crippen LogP contribution in [0.5, 0.6) is 0 Å². The highest BCUT2D eigenvalue weighted by Gasteiger charge is 2.48. The minimum Gasteiger partial charge on any atom is -0.426 e. The molecule has 3 aromatic rings. The van der Waals surface area contributed by atoms with Crippen molar-refractivity contribution in [3.63, 3.8) is 0 Å². The van der Waals surface area contributed by atoms with Gasteiger partial charge in [0.25, 0.3) is 0 Å². The van der Waals surface area contributed by atoms with Crippen LogP contribution in [0.15, 0.2) is 23.2 Å². The zero-order valence-electron chi connectivity index (χ0n) is 18.0. The van der Waals surface area contributed by atoms with Gasteiger partial charge in [0.1, 0.15) is 17.0 Å². The lowest BCUT2D eigenvalue weighted by Gasteiger charge is -2.47. The summed E-state index contributed by atoms with van der Waals surface area (Å²) in [6.07, 6.45) is 2.12. The van der Waals surface area contributed by atoms with Gasteiger partial charge in [-0.3, -0.25) is 9.58 Å². The molecule has 2 aliphatic heterocycles. The predicted octanol–water partition coefficient (Wildman–Crippen LogP) is 3.34. The highest BCUT2D eigenvalue weighted by Crippen LogP contribution is 2.51. The molecule has 1 fully saturated rings. The third kappa shape index (κ3) is 4.20. The van der Waals surface area contributed by atoms with Crippen molar-refractivity contribution in [1.82, 2.24) is 24.9 Å². The van der Waals surface area contributed by atoms with Crippen molar-refractivity contribution in [2.24, 2.45) is 0 Å². The minimum absolute atomic E-state index is 0.0221. The van der Waals surface area contributed by atoms with Gasteiger partial charge in [-0.05, 0) is 31.7 Å². The molecule has 2 atom stereocenters. The Morgan fingerprint density at radius 1 is 1.33 bits per heavy atom. The van der Waals surface area contributed by atoms with Gasteiger partial charge in [0, 0.05) is 41.3 Å². The molecule has 1 N–H and O–H groups in total. The van der Waals surface area contributed by atoms with Crippen molar-refractivity contribution in [2.45, 2.75) is 63.7 Å².